The van der Waals surface area contributed by atoms with Crippen molar-refractivity contribution in [3.63, 3.8) is 0 Å². The van der Waals surface area contributed by atoms with E-state index in [0.717, 1.165) is 69.5 Å². The number of ether oxygens (including phenoxy) is 2. The number of carbonyl (C=O) groups excluding carboxylic acids is 4. The highest BCUT2D eigenvalue weighted by Gasteiger charge is 2.51. The summed E-state index contributed by atoms with van der Waals surface area (Å²) in [7, 11) is 2.56. The molecule has 1 unspecified atom stereocenters. The van der Waals surface area contributed by atoms with Crippen LogP contribution in [-0.4, -0.2) is 92.6 Å². The molecule has 0 radical (unpaired) electrons. The van der Waals surface area contributed by atoms with Crippen LogP contribution in [0.15, 0.2) is 73.1 Å². The third-order valence-electron chi connectivity index (χ3n) is 12.9. The summed E-state index contributed by atoms with van der Waals surface area (Å²) in [4.78, 5) is 71.9. The van der Waals surface area contributed by atoms with E-state index in [0.29, 0.717) is 18.2 Å². The number of H-pyrrole nitrogens is 2. The standard InChI is InChI=1S/C47H53N9O6/c1-25(2)39(53-46(59)61-5)44(57)55-24-27(21-48)17-38(55)42-49-23-37(51-42)33-14-13-31-18-30(11-12-32(31)19-33)28-7-9-29(10-8-28)36-22-50-43(52-36)41-34-15-16-35(20-34)56(41)45(58)40(26(3)4)54-47(60)62-6/h7-14,18-19,22-23,25-27,34-35,38-41H,15-17,20,24H2,1-6H3,(H,49,51)(H,50,52)(H,53,59)(H,54,60)/t27?,34-,35+,38-,39-,40-,41-/m0/s1. The monoisotopic (exact) mass is 839 g/mol. The topological polar surface area (TPSA) is 198 Å². The second-order valence-corrected chi connectivity index (χ2v) is 17.4. The van der Waals surface area contributed by atoms with Crippen molar-refractivity contribution in [2.75, 3.05) is 20.8 Å². The van der Waals surface area contributed by atoms with Gasteiger partial charge in [-0.1, -0.05) is 76.2 Å². The molecule has 0 spiro atoms. The molecule has 3 fully saturated rings. The van der Waals surface area contributed by atoms with E-state index in [1.807, 2.05) is 44.9 Å². The number of nitrogens with one attached hydrogen (secondary N) is 4. The average Bonchev–Trinajstić information content (AvgIpc) is 4.15. The van der Waals surface area contributed by atoms with Crippen molar-refractivity contribution in [2.45, 2.75) is 83.6 Å². The lowest BCUT2D eigenvalue weighted by Crippen LogP contribution is -2.54. The predicted octanol–water partition coefficient (Wildman–Crippen LogP) is 7.51. The number of carbonyl (C=O) groups is 4. The van der Waals surface area contributed by atoms with Crippen molar-refractivity contribution in [3.05, 3.63) is 84.7 Å². The van der Waals surface area contributed by atoms with Gasteiger partial charge in [0.1, 0.15) is 23.7 Å². The van der Waals surface area contributed by atoms with E-state index in [2.05, 4.69) is 86.3 Å². The summed E-state index contributed by atoms with van der Waals surface area (Å²) < 4.78 is 9.58. The number of likely N-dealkylation sites (tertiary alicyclic amines) is 2. The van der Waals surface area contributed by atoms with Crippen LogP contribution in [-0.2, 0) is 19.1 Å². The minimum atomic E-state index is -0.809. The van der Waals surface area contributed by atoms with Crippen LogP contribution >= 0.6 is 0 Å². The molecule has 4 amide bonds. The summed E-state index contributed by atoms with van der Waals surface area (Å²) in [6.07, 6.45) is 5.62. The van der Waals surface area contributed by atoms with E-state index in [4.69, 9.17) is 14.5 Å². The zero-order chi connectivity index (χ0) is 43.8. The van der Waals surface area contributed by atoms with Gasteiger partial charge in [0.25, 0.3) is 0 Å². The fourth-order valence-electron chi connectivity index (χ4n) is 9.55. The number of hydrogen-bond donors (Lipinski definition) is 4. The summed E-state index contributed by atoms with van der Waals surface area (Å²) in [5.74, 6) is 0.603. The van der Waals surface area contributed by atoms with E-state index >= 15 is 0 Å². The maximum atomic E-state index is 14.0. The number of amides is 4. The van der Waals surface area contributed by atoms with E-state index in [1.54, 1.807) is 11.1 Å². The van der Waals surface area contributed by atoms with Gasteiger partial charge in [-0.2, -0.15) is 5.26 Å². The highest BCUT2D eigenvalue weighted by atomic mass is 16.5. The molecule has 7 atom stereocenters. The van der Waals surface area contributed by atoms with Crippen LogP contribution in [0.2, 0.25) is 0 Å². The van der Waals surface area contributed by atoms with Crippen LogP contribution in [0.25, 0.3) is 44.4 Å². The Labute approximate surface area is 360 Å². The first-order chi connectivity index (χ1) is 29.9. The number of hydrogen-bond acceptors (Lipinski definition) is 9. The lowest BCUT2D eigenvalue weighted by molar-refractivity contribution is -0.139. The Bertz CT molecular complexity index is 2520. The van der Waals surface area contributed by atoms with E-state index in [9.17, 15) is 24.4 Å². The fourth-order valence-corrected chi connectivity index (χ4v) is 9.55. The molecule has 322 valence electrons. The average molecular weight is 840 g/mol. The maximum absolute atomic E-state index is 14.0. The first-order valence-corrected chi connectivity index (χ1v) is 21.3. The molecule has 4 N–H and O–H groups in total. The Morgan fingerprint density at radius 1 is 0.726 bits per heavy atom. The Hall–Kier alpha value is -6.69. The Kier molecular flexibility index (Phi) is 11.8. The van der Waals surface area contributed by atoms with Crippen molar-refractivity contribution in [2.24, 2.45) is 23.7 Å². The van der Waals surface area contributed by atoms with Gasteiger partial charge in [-0.25, -0.2) is 19.6 Å². The molecule has 1 aliphatic carbocycles. The molecule has 1 saturated carbocycles. The van der Waals surface area contributed by atoms with Crippen LogP contribution in [0.4, 0.5) is 9.59 Å². The van der Waals surface area contributed by atoms with Gasteiger partial charge in [-0.05, 0) is 83.0 Å². The number of benzene rings is 3. The summed E-state index contributed by atoms with van der Waals surface area (Å²) in [5.41, 5.74) is 5.71. The van der Waals surface area contributed by atoms with Gasteiger partial charge in [-0.3, -0.25) is 9.59 Å². The van der Waals surface area contributed by atoms with Crippen LogP contribution in [0.5, 0.6) is 0 Å². The number of nitrogens with zero attached hydrogens (tertiary/aromatic N) is 5. The smallest absolute Gasteiger partial charge is 0.407 e. The number of piperidine rings is 1. The third kappa shape index (κ3) is 8.09. The van der Waals surface area contributed by atoms with Crippen LogP contribution in [0.1, 0.15) is 77.1 Å². The molecule has 8 rings (SSSR count). The molecule has 2 aliphatic heterocycles. The second kappa shape index (κ2) is 17.4. The zero-order valence-electron chi connectivity index (χ0n) is 35.8. The van der Waals surface area contributed by atoms with Crippen molar-refractivity contribution in [3.8, 4) is 39.7 Å². The Morgan fingerprint density at radius 3 is 1.90 bits per heavy atom. The van der Waals surface area contributed by atoms with Gasteiger partial charge in [0.05, 0.1) is 62.1 Å². The van der Waals surface area contributed by atoms with Crippen molar-refractivity contribution in [1.82, 2.24) is 40.4 Å². The molecular weight excluding hydrogens is 787 g/mol. The number of alkyl carbamates (subject to hydrolysis) is 2. The first kappa shape index (κ1) is 42.0. The quantitative estimate of drug-likeness (QED) is 0.104. The number of aromatic amines is 2. The Morgan fingerprint density at radius 2 is 1.27 bits per heavy atom. The fraction of sp³-hybridized carbons (Fsp3) is 0.426. The third-order valence-corrected chi connectivity index (χ3v) is 12.9. The van der Waals surface area contributed by atoms with Crippen LogP contribution in [0, 0.1) is 35.0 Å². The number of nitriles is 1. The van der Waals surface area contributed by atoms with Crippen LogP contribution < -0.4 is 10.6 Å². The molecule has 15 heteroatoms. The second-order valence-electron chi connectivity index (χ2n) is 17.4. The molecule has 2 aromatic heterocycles. The number of fused-ring (bicyclic) bond motifs is 3. The summed E-state index contributed by atoms with van der Waals surface area (Å²) >= 11 is 0. The minimum Gasteiger partial charge on any atom is -0.453 e. The number of rotatable bonds is 11. The van der Waals surface area contributed by atoms with Crippen LogP contribution in [0.3, 0.4) is 0 Å². The number of aromatic nitrogens is 4. The number of methoxy groups -OCH3 is 2. The van der Waals surface area contributed by atoms with Gasteiger partial charge < -0.3 is 39.9 Å². The van der Waals surface area contributed by atoms with E-state index < -0.39 is 30.3 Å². The normalized spacial score (nSPS) is 21.6. The molecule has 3 aromatic carbocycles. The van der Waals surface area contributed by atoms with Crippen molar-refractivity contribution in [1.29, 1.82) is 5.26 Å². The van der Waals surface area contributed by atoms with Gasteiger partial charge in [0.15, 0.2) is 0 Å². The molecule has 2 saturated heterocycles. The summed E-state index contributed by atoms with van der Waals surface area (Å²) in [5, 5.41) is 17.3. The molecule has 5 aromatic rings. The number of imidazole rings is 2. The molecule has 4 heterocycles. The van der Waals surface area contributed by atoms with Crippen molar-refractivity contribution < 1.29 is 28.7 Å². The minimum absolute atomic E-state index is 0.101. The molecule has 62 heavy (non-hydrogen) atoms. The summed E-state index contributed by atoms with van der Waals surface area (Å²) in [6, 6.07) is 21.2. The molecule has 15 nitrogen and oxygen atoms in total. The zero-order valence-corrected chi connectivity index (χ0v) is 35.8. The maximum Gasteiger partial charge on any atom is 0.407 e. The lowest BCUT2D eigenvalue weighted by atomic mass is 9.95. The Balaban J connectivity index is 0.966. The lowest BCUT2D eigenvalue weighted by Gasteiger charge is -2.37. The molecular formula is C47H53N9O6. The van der Waals surface area contributed by atoms with Gasteiger partial charge >= 0.3 is 12.2 Å². The molecule has 3 aliphatic rings. The first-order valence-electron chi connectivity index (χ1n) is 21.3. The van der Waals surface area contributed by atoms with Gasteiger partial charge in [-0.15, -0.1) is 0 Å². The van der Waals surface area contributed by atoms with E-state index in [1.165, 1.54) is 14.2 Å². The largest absolute Gasteiger partial charge is 0.453 e. The van der Waals surface area contributed by atoms with Crippen molar-refractivity contribution >= 4 is 34.8 Å². The van der Waals surface area contributed by atoms with Gasteiger partial charge in [0, 0.05) is 18.2 Å². The SMILES string of the molecule is COC(=O)N[C@H](C(=O)N1CC(C#N)C[C@H]1c1ncc(-c2ccc3cc(-c4ccc(-c5cnc([C@@H]6[C@H]7CC[C@H](C7)N6C(=O)[C@@H](NC(=O)OC)C(C)C)[nH]5)cc4)ccc3c2)[nH]1)C(C)C. The summed E-state index contributed by atoms with van der Waals surface area (Å²) in [6.45, 7) is 7.80. The highest BCUT2D eigenvalue weighted by Crippen LogP contribution is 2.50. The van der Waals surface area contributed by atoms with E-state index in [-0.39, 0.29) is 48.2 Å². The highest BCUT2D eigenvalue weighted by molar-refractivity contribution is 5.91. The molecule has 2 bridgehead atoms. The van der Waals surface area contributed by atoms with Gasteiger partial charge in [0.2, 0.25) is 11.8 Å². The predicted molar refractivity (Wildman–Crippen MR) is 232 cm³/mol.